The van der Waals surface area contributed by atoms with Gasteiger partial charge in [0.1, 0.15) is 0 Å². The number of likely N-dealkylation sites (tertiary alicyclic amines) is 1. The Balaban J connectivity index is 1.76. The lowest BCUT2D eigenvalue weighted by molar-refractivity contribution is 0.191. The van der Waals surface area contributed by atoms with Crippen LogP contribution >= 0.6 is 0 Å². The second kappa shape index (κ2) is 6.50. The van der Waals surface area contributed by atoms with Crippen molar-refractivity contribution in [2.45, 2.75) is 52.1 Å². The molecule has 3 rings (SSSR count). The highest BCUT2D eigenvalue weighted by Gasteiger charge is 2.39. The number of rotatable bonds is 5. The summed E-state index contributed by atoms with van der Waals surface area (Å²) in [7, 11) is 0. The molecule has 1 N–H and O–H groups in total. The zero-order chi connectivity index (χ0) is 14.8. The smallest absolute Gasteiger partial charge is 0.0484 e. The van der Waals surface area contributed by atoms with E-state index in [4.69, 9.17) is 0 Å². The molecule has 1 heterocycles. The Morgan fingerprint density at radius 2 is 2.10 bits per heavy atom. The molecule has 0 saturated carbocycles. The first-order valence-corrected chi connectivity index (χ1v) is 8.76. The largest absolute Gasteiger partial charge is 0.309 e. The summed E-state index contributed by atoms with van der Waals surface area (Å²) < 4.78 is 0. The predicted octanol–water partition coefficient (Wildman–Crippen LogP) is 3.63. The van der Waals surface area contributed by atoms with E-state index < -0.39 is 0 Å². The standard InChI is InChI=1S/C19H30N2/c1-4-10-20-19-17-8-6-5-7-15(17)12-18(19)21-11-9-16(13-21)14(2)3/h5-8,14,16,18-20H,4,9-13H2,1-3H3. The van der Waals surface area contributed by atoms with E-state index in [1.165, 1.54) is 32.4 Å². The SMILES string of the molecule is CCCNC1c2ccccc2CC1N1CCC(C(C)C)C1. The van der Waals surface area contributed by atoms with Gasteiger partial charge >= 0.3 is 0 Å². The van der Waals surface area contributed by atoms with Crippen molar-refractivity contribution in [3.05, 3.63) is 35.4 Å². The lowest BCUT2D eigenvalue weighted by Crippen LogP contribution is -2.42. The number of fused-ring (bicyclic) bond motifs is 1. The Hall–Kier alpha value is -0.860. The molecule has 1 aromatic carbocycles. The summed E-state index contributed by atoms with van der Waals surface area (Å²) in [5.74, 6) is 1.71. The van der Waals surface area contributed by atoms with Gasteiger partial charge in [-0.25, -0.2) is 0 Å². The topological polar surface area (TPSA) is 15.3 Å². The van der Waals surface area contributed by atoms with Crippen LogP contribution in [0.15, 0.2) is 24.3 Å². The van der Waals surface area contributed by atoms with E-state index in [9.17, 15) is 0 Å². The molecule has 1 fully saturated rings. The fraction of sp³-hybridized carbons (Fsp3) is 0.684. The molecule has 0 spiro atoms. The second-order valence-corrected chi connectivity index (χ2v) is 7.19. The molecule has 0 bridgehead atoms. The molecule has 3 unspecified atom stereocenters. The van der Waals surface area contributed by atoms with Crippen LogP contribution in [0.2, 0.25) is 0 Å². The van der Waals surface area contributed by atoms with Crippen molar-refractivity contribution >= 4 is 0 Å². The first kappa shape index (κ1) is 15.1. The quantitative estimate of drug-likeness (QED) is 0.889. The monoisotopic (exact) mass is 286 g/mol. The van der Waals surface area contributed by atoms with Gasteiger partial charge < -0.3 is 5.32 Å². The van der Waals surface area contributed by atoms with Crippen molar-refractivity contribution in [2.75, 3.05) is 19.6 Å². The number of benzene rings is 1. The Morgan fingerprint density at radius 3 is 2.81 bits per heavy atom. The van der Waals surface area contributed by atoms with Crippen LogP contribution in [0.3, 0.4) is 0 Å². The molecule has 3 atom stereocenters. The maximum absolute atomic E-state index is 3.82. The highest BCUT2D eigenvalue weighted by Crippen LogP contribution is 2.37. The van der Waals surface area contributed by atoms with Gasteiger partial charge in [-0.2, -0.15) is 0 Å². The zero-order valence-corrected chi connectivity index (χ0v) is 13.8. The lowest BCUT2D eigenvalue weighted by Gasteiger charge is -2.31. The molecule has 0 aromatic heterocycles. The molecular weight excluding hydrogens is 256 g/mol. The van der Waals surface area contributed by atoms with Gasteiger partial charge in [-0.05, 0) is 55.3 Å². The van der Waals surface area contributed by atoms with Crippen molar-refractivity contribution in [3.63, 3.8) is 0 Å². The summed E-state index contributed by atoms with van der Waals surface area (Å²) in [5.41, 5.74) is 3.10. The minimum absolute atomic E-state index is 0.534. The molecule has 1 aliphatic heterocycles. The molecule has 0 amide bonds. The van der Waals surface area contributed by atoms with Gasteiger partial charge in [-0.1, -0.05) is 45.0 Å². The summed E-state index contributed by atoms with van der Waals surface area (Å²) in [6.45, 7) is 10.7. The van der Waals surface area contributed by atoms with E-state index in [1.807, 2.05) is 0 Å². The highest BCUT2D eigenvalue weighted by molar-refractivity contribution is 5.37. The summed E-state index contributed by atoms with van der Waals surface area (Å²) in [6.07, 6.45) is 3.81. The van der Waals surface area contributed by atoms with Gasteiger partial charge in [-0.3, -0.25) is 4.90 Å². The van der Waals surface area contributed by atoms with Gasteiger partial charge in [0.25, 0.3) is 0 Å². The molecule has 2 aliphatic rings. The third-order valence-corrected chi connectivity index (χ3v) is 5.49. The van der Waals surface area contributed by atoms with E-state index in [1.54, 1.807) is 11.1 Å². The summed E-state index contributed by atoms with van der Waals surface area (Å²) >= 11 is 0. The van der Waals surface area contributed by atoms with Gasteiger partial charge in [0.05, 0.1) is 0 Å². The summed E-state index contributed by atoms with van der Waals surface area (Å²) in [6, 6.07) is 10.2. The summed E-state index contributed by atoms with van der Waals surface area (Å²) in [4.78, 5) is 2.76. The van der Waals surface area contributed by atoms with Crippen molar-refractivity contribution in [1.29, 1.82) is 0 Å². The first-order chi connectivity index (χ1) is 10.2. The minimum atomic E-state index is 0.534. The van der Waals surface area contributed by atoms with E-state index in [0.717, 1.165) is 18.4 Å². The average Bonchev–Trinajstić information content (AvgIpc) is 3.09. The summed E-state index contributed by atoms with van der Waals surface area (Å²) in [5, 5.41) is 3.82. The van der Waals surface area contributed by atoms with Crippen LogP contribution in [0.5, 0.6) is 0 Å². The van der Waals surface area contributed by atoms with Crippen molar-refractivity contribution in [3.8, 4) is 0 Å². The van der Waals surface area contributed by atoms with Crippen LogP contribution < -0.4 is 5.32 Å². The van der Waals surface area contributed by atoms with Gasteiger partial charge in [-0.15, -0.1) is 0 Å². The molecule has 2 nitrogen and oxygen atoms in total. The van der Waals surface area contributed by atoms with Gasteiger partial charge in [0.15, 0.2) is 0 Å². The fourth-order valence-electron chi connectivity index (χ4n) is 4.12. The van der Waals surface area contributed by atoms with Crippen LogP contribution in [-0.4, -0.2) is 30.6 Å². The van der Waals surface area contributed by atoms with Crippen LogP contribution in [0, 0.1) is 11.8 Å². The molecule has 1 aliphatic carbocycles. The second-order valence-electron chi connectivity index (χ2n) is 7.19. The molecule has 1 aromatic rings. The van der Waals surface area contributed by atoms with Crippen LogP contribution in [0.25, 0.3) is 0 Å². The van der Waals surface area contributed by atoms with Crippen LogP contribution in [0.4, 0.5) is 0 Å². The number of nitrogens with one attached hydrogen (secondary N) is 1. The maximum Gasteiger partial charge on any atom is 0.0484 e. The number of hydrogen-bond donors (Lipinski definition) is 1. The Labute approximate surface area is 129 Å². The van der Waals surface area contributed by atoms with E-state index >= 15 is 0 Å². The Bertz CT molecular complexity index is 468. The van der Waals surface area contributed by atoms with Crippen LogP contribution in [0.1, 0.15) is 50.8 Å². The van der Waals surface area contributed by atoms with Crippen molar-refractivity contribution in [2.24, 2.45) is 11.8 Å². The number of hydrogen-bond acceptors (Lipinski definition) is 2. The van der Waals surface area contributed by atoms with Crippen molar-refractivity contribution < 1.29 is 0 Å². The Morgan fingerprint density at radius 1 is 1.29 bits per heavy atom. The fourth-order valence-corrected chi connectivity index (χ4v) is 4.12. The molecule has 116 valence electrons. The molecular formula is C19H30N2. The normalized spacial score (nSPS) is 29.2. The van der Waals surface area contributed by atoms with E-state index in [-0.39, 0.29) is 0 Å². The minimum Gasteiger partial charge on any atom is -0.309 e. The molecule has 1 saturated heterocycles. The third kappa shape index (κ3) is 3.02. The molecule has 0 radical (unpaired) electrons. The Kier molecular flexibility index (Phi) is 4.66. The highest BCUT2D eigenvalue weighted by atomic mass is 15.2. The predicted molar refractivity (Wildman–Crippen MR) is 89.5 cm³/mol. The van der Waals surface area contributed by atoms with E-state index in [2.05, 4.69) is 55.3 Å². The first-order valence-electron chi connectivity index (χ1n) is 8.76. The molecule has 2 heteroatoms. The van der Waals surface area contributed by atoms with Gasteiger partial charge in [0, 0.05) is 18.6 Å². The van der Waals surface area contributed by atoms with Crippen molar-refractivity contribution in [1.82, 2.24) is 10.2 Å². The molecule has 21 heavy (non-hydrogen) atoms. The van der Waals surface area contributed by atoms with E-state index in [0.29, 0.717) is 12.1 Å². The maximum atomic E-state index is 3.82. The van der Waals surface area contributed by atoms with Crippen LogP contribution in [-0.2, 0) is 6.42 Å². The van der Waals surface area contributed by atoms with Gasteiger partial charge in [0.2, 0.25) is 0 Å². The lowest BCUT2D eigenvalue weighted by atomic mass is 9.95. The number of nitrogens with zero attached hydrogens (tertiary/aromatic N) is 1. The zero-order valence-electron chi connectivity index (χ0n) is 13.8. The average molecular weight is 286 g/mol. The third-order valence-electron chi connectivity index (χ3n) is 5.49.